The van der Waals surface area contributed by atoms with E-state index < -0.39 is 5.97 Å². The number of carboxylic acids is 1. The maximum atomic E-state index is 11.0. The van der Waals surface area contributed by atoms with E-state index in [0.717, 1.165) is 5.56 Å². The zero-order valence-electron chi connectivity index (χ0n) is 9.50. The number of carbonyl (C=O) groups is 1. The van der Waals surface area contributed by atoms with Gasteiger partial charge in [-0.25, -0.2) is 4.79 Å². The van der Waals surface area contributed by atoms with Crippen molar-refractivity contribution in [1.29, 1.82) is 0 Å². The lowest BCUT2D eigenvalue weighted by Gasteiger charge is -2.21. The van der Waals surface area contributed by atoms with E-state index in [2.05, 4.69) is 0 Å². The number of carboxylic acid groups (broad SMARTS) is 1. The van der Waals surface area contributed by atoms with Crippen LogP contribution in [-0.4, -0.2) is 18.2 Å². The van der Waals surface area contributed by atoms with E-state index in [-0.39, 0.29) is 5.41 Å². The number of methoxy groups -OCH3 is 1. The number of ether oxygens (including phenoxy) is 1. The molecule has 0 aliphatic heterocycles. The molecule has 1 aromatic carbocycles. The van der Waals surface area contributed by atoms with Gasteiger partial charge in [0.1, 0.15) is 5.75 Å². The van der Waals surface area contributed by atoms with Gasteiger partial charge in [-0.3, -0.25) is 0 Å². The predicted molar refractivity (Wildman–Crippen MR) is 58.7 cm³/mol. The maximum absolute atomic E-state index is 11.0. The summed E-state index contributed by atoms with van der Waals surface area (Å²) in [5.74, 6) is -0.215. The van der Waals surface area contributed by atoms with Gasteiger partial charge in [-0.2, -0.15) is 0 Å². The third-order valence-electron chi connectivity index (χ3n) is 2.27. The van der Waals surface area contributed by atoms with Gasteiger partial charge in [0.15, 0.2) is 0 Å². The summed E-state index contributed by atoms with van der Waals surface area (Å²) in [6.07, 6.45) is 0. The first-order valence-corrected chi connectivity index (χ1v) is 4.78. The van der Waals surface area contributed by atoms with Crippen molar-refractivity contribution in [3.63, 3.8) is 0 Å². The molecular weight excluding hydrogens is 192 g/mol. The van der Waals surface area contributed by atoms with Crippen LogP contribution in [0.25, 0.3) is 0 Å². The SMILES string of the molecule is COc1ccc(C(=O)O)c(C(C)(C)C)c1. The fourth-order valence-corrected chi connectivity index (χ4v) is 1.46. The summed E-state index contributed by atoms with van der Waals surface area (Å²) >= 11 is 0. The molecule has 0 fully saturated rings. The molecule has 15 heavy (non-hydrogen) atoms. The Morgan fingerprint density at radius 1 is 1.33 bits per heavy atom. The molecule has 1 rings (SSSR count). The number of hydrogen-bond donors (Lipinski definition) is 1. The van der Waals surface area contributed by atoms with E-state index in [1.807, 2.05) is 20.8 Å². The van der Waals surface area contributed by atoms with Crippen LogP contribution in [-0.2, 0) is 5.41 Å². The summed E-state index contributed by atoms with van der Waals surface area (Å²) in [6.45, 7) is 5.94. The number of rotatable bonds is 2. The summed E-state index contributed by atoms with van der Waals surface area (Å²) in [5.41, 5.74) is 0.917. The van der Waals surface area contributed by atoms with Crippen LogP contribution in [0.3, 0.4) is 0 Å². The van der Waals surface area contributed by atoms with Gasteiger partial charge in [-0.05, 0) is 29.2 Å². The highest BCUT2D eigenvalue weighted by Gasteiger charge is 2.21. The van der Waals surface area contributed by atoms with Crippen molar-refractivity contribution in [1.82, 2.24) is 0 Å². The second kappa shape index (κ2) is 3.93. The molecular formula is C12H16O3. The molecule has 0 bridgehead atoms. The highest BCUT2D eigenvalue weighted by atomic mass is 16.5. The quantitative estimate of drug-likeness (QED) is 0.812. The van der Waals surface area contributed by atoms with Gasteiger partial charge in [0.25, 0.3) is 0 Å². The average molecular weight is 208 g/mol. The van der Waals surface area contributed by atoms with Gasteiger partial charge >= 0.3 is 5.97 Å². The molecule has 1 N–H and O–H groups in total. The number of aromatic carboxylic acids is 1. The minimum atomic E-state index is -0.900. The Morgan fingerprint density at radius 3 is 2.33 bits per heavy atom. The Morgan fingerprint density at radius 2 is 1.93 bits per heavy atom. The van der Waals surface area contributed by atoms with Crippen LogP contribution in [0, 0.1) is 0 Å². The molecule has 0 spiro atoms. The van der Waals surface area contributed by atoms with Crippen LogP contribution in [0.1, 0.15) is 36.7 Å². The van der Waals surface area contributed by atoms with Gasteiger partial charge in [0, 0.05) is 0 Å². The van der Waals surface area contributed by atoms with Gasteiger partial charge in [-0.15, -0.1) is 0 Å². The van der Waals surface area contributed by atoms with Crippen molar-refractivity contribution < 1.29 is 14.6 Å². The van der Waals surface area contributed by atoms with Crippen LogP contribution in [0.2, 0.25) is 0 Å². The van der Waals surface area contributed by atoms with Crippen molar-refractivity contribution in [2.24, 2.45) is 0 Å². The summed E-state index contributed by atoms with van der Waals surface area (Å²) in [7, 11) is 1.57. The molecule has 0 radical (unpaired) electrons. The first-order chi connectivity index (χ1) is 6.86. The second-order valence-corrected chi connectivity index (χ2v) is 4.47. The third-order valence-corrected chi connectivity index (χ3v) is 2.27. The van der Waals surface area contributed by atoms with Gasteiger partial charge < -0.3 is 9.84 Å². The Balaban J connectivity index is 3.36. The largest absolute Gasteiger partial charge is 0.497 e. The Kier molecular flexibility index (Phi) is 3.03. The number of hydrogen-bond acceptors (Lipinski definition) is 2. The first kappa shape index (κ1) is 11.6. The van der Waals surface area contributed by atoms with E-state index in [4.69, 9.17) is 9.84 Å². The topological polar surface area (TPSA) is 46.5 Å². The van der Waals surface area contributed by atoms with Gasteiger partial charge in [-0.1, -0.05) is 20.8 Å². The minimum absolute atomic E-state index is 0.206. The molecule has 0 unspecified atom stereocenters. The summed E-state index contributed by atoms with van der Waals surface area (Å²) in [5, 5.41) is 9.05. The van der Waals surface area contributed by atoms with Crippen LogP contribution >= 0.6 is 0 Å². The molecule has 0 atom stereocenters. The molecule has 0 amide bonds. The summed E-state index contributed by atoms with van der Waals surface area (Å²) < 4.78 is 5.09. The van der Waals surface area contributed by atoms with E-state index in [0.29, 0.717) is 11.3 Å². The van der Waals surface area contributed by atoms with E-state index in [1.54, 1.807) is 25.3 Å². The first-order valence-electron chi connectivity index (χ1n) is 4.78. The zero-order valence-corrected chi connectivity index (χ0v) is 9.50. The molecule has 1 aromatic rings. The molecule has 3 heteroatoms. The van der Waals surface area contributed by atoms with Crippen molar-refractivity contribution in [3.8, 4) is 5.75 Å². The Labute approximate surface area is 89.7 Å². The fraction of sp³-hybridized carbons (Fsp3) is 0.417. The van der Waals surface area contributed by atoms with E-state index in [9.17, 15) is 4.79 Å². The third kappa shape index (κ3) is 2.49. The lowest BCUT2D eigenvalue weighted by atomic mass is 9.83. The van der Waals surface area contributed by atoms with Crippen LogP contribution < -0.4 is 4.74 Å². The fourth-order valence-electron chi connectivity index (χ4n) is 1.46. The normalized spacial score (nSPS) is 11.2. The molecule has 0 saturated carbocycles. The zero-order chi connectivity index (χ0) is 11.6. The average Bonchev–Trinajstić information content (AvgIpc) is 2.15. The van der Waals surface area contributed by atoms with Crippen molar-refractivity contribution in [2.45, 2.75) is 26.2 Å². The molecule has 0 aliphatic carbocycles. The highest BCUT2D eigenvalue weighted by molar-refractivity contribution is 5.90. The standard InChI is InChI=1S/C12H16O3/c1-12(2,3)10-7-8(15-4)5-6-9(10)11(13)14/h5-7H,1-4H3,(H,13,14). The highest BCUT2D eigenvalue weighted by Crippen LogP contribution is 2.29. The Hall–Kier alpha value is -1.51. The summed E-state index contributed by atoms with van der Waals surface area (Å²) in [4.78, 5) is 11.0. The van der Waals surface area contributed by atoms with E-state index in [1.165, 1.54) is 0 Å². The van der Waals surface area contributed by atoms with Crippen molar-refractivity contribution in [2.75, 3.05) is 7.11 Å². The molecule has 0 aromatic heterocycles. The lowest BCUT2D eigenvalue weighted by Crippen LogP contribution is -2.16. The molecule has 0 aliphatic rings. The monoisotopic (exact) mass is 208 g/mol. The smallest absolute Gasteiger partial charge is 0.335 e. The van der Waals surface area contributed by atoms with Crippen LogP contribution in [0.4, 0.5) is 0 Å². The lowest BCUT2D eigenvalue weighted by molar-refractivity contribution is 0.0694. The second-order valence-electron chi connectivity index (χ2n) is 4.47. The summed E-state index contributed by atoms with van der Waals surface area (Å²) in [6, 6.07) is 5.03. The van der Waals surface area contributed by atoms with Gasteiger partial charge in [0.05, 0.1) is 12.7 Å². The van der Waals surface area contributed by atoms with Gasteiger partial charge in [0.2, 0.25) is 0 Å². The molecule has 0 saturated heterocycles. The Bertz CT molecular complexity index is 375. The molecule has 82 valence electrons. The molecule has 3 nitrogen and oxygen atoms in total. The number of benzene rings is 1. The van der Waals surface area contributed by atoms with Crippen LogP contribution in [0.5, 0.6) is 5.75 Å². The predicted octanol–water partition coefficient (Wildman–Crippen LogP) is 2.69. The maximum Gasteiger partial charge on any atom is 0.335 e. The van der Waals surface area contributed by atoms with Crippen molar-refractivity contribution in [3.05, 3.63) is 29.3 Å². The minimum Gasteiger partial charge on any atom is -0.497 e. The van der Waals surface area contributed by atoms with Crippen molar-refractivity contribution >= 4 is 5.97 Å². The molecule has 0 heterocycles. The van der Waals surface area contributed by atoms with E-state index >= 15 is 0 Å². The van der Waals surface area contributed by atoms with Crippen LogP contribution in [0.15, 0.2) is 18.2 Å².